The van der Waals surface area contributed by atoms with Gasteiger partial charge in [-0.05, 0) is 84.1 Å². The number of hydrogen-bond donors (Lipinski definition) is 3. The summed E-state index contributed by atoms with van der Waals surface area (Å²) in [5.74, 6) is 0.178. The van der Waals surface area contributed by atoms with Crippen LogP contribution in [0, 0.1) is 0 Å². The molecule has 0 saturated carbocycles. The van der Waals surface area contributed by atoms with Gasteiger partial charge in [0.2, 0.25) is 11.8 Å². The average Bonchev–Trinajstić information content (AvgIpc) is 3.09. The van der Waals surface area contributed by atoms with Gasteiger partial charge in [-0.25, -0.2) is 0 Å². The molecule has 0 spiro atoms. The van der Waals surface area contributed by atoms with Crippen molar-refractivity contribution >= 4 is 11.8 Å². The van der Waals surface area contributed by atoms with E-state index < -0.39 is 0 Å². The van der Waals surface area contributed by atoms with Gasteiger partial charge in [-0.1, -0.05) is 154 Å². The average molecular weight is 674 g/mol. The number of carbonyl (C=O) groups excluding carboxylic acids is 2. The second-order valence-electron chi connectivity index (χ2n) is 14.3. The van der Waals surface area contributed by atoms with Crippen molar-refractivity contribution in [3.8, 4) is 0 Å². The minimum absolute atomic E-state index is 0.0647. The van der Waals surface area contributed by atoms with Gasteiger partial charge < -0.3 is 16.0 Å². The molecule has 0 aliphatic carbocycles. The van der Waals surface area contributed by atoms with E-state index >= 15 is 0 Å². The summed E-state index contributed by atoms with van der Waals surface area (Å²) in [6.45, 7) is 6.06. The number of unbranched alkanes of at least 4 members (excludes halogenated alkanes) is 24. The Morgan fingerprint density at radius 2 is 0.812 bits per heavy atom. The predicted octanol–water partition coefficient (Wildman–Crippen LogP) is 12.1. The molecule has 0 radical (unpaired) electrons. The quantitative estimate of drug-likeness (QED) is 0.0451. The number of rotatable bonds is 38. The first-order valence-electron chi connectivity index (χ1n) is 21.2. The third-order valence-corrected chi connectivity index (χ3v) is 9.56. The Kier molecular flexibility index (Phi) is 38.5. The minimum Gasteiger partial charge on any atom is -0.356 e. The molecule has 282 valence electrons. The van der Waals surface area contributed by atoms with Crippen LogP contribution in [0.4, 0.5) is 0 Å². The number of nitrogens with one attached hydrogen (secondary N) is 3. The minimum atomic E-state index is -0.220. The first-order chi connectivity index (χ1) is 23.7. The van der Waals surface area contributed by atoms with Gasteiger partial charge in [0.1, 0.15) is 0 Å². The van der Waals surface area contributed by atoms with E-state index in [1.54, 1.807) is 0 Å². The number of allylic oxidation sites excluding steroid dienone is 4. The summed E-state index contributed by atoms with van der Waals surface area (Å²) in [5, 5.41) is 9.29. The van der Waals surface area contributed by atoms with Gasteiger partial charge in [0.05, 0.1) is 6.04 Å². The van der Waals surface area contributed by atoms with E-state index in [0.29, 0.717) is 12.8 Å². The lowest BCUT2D eigenvalue weighted by Gasteiger charge is -2.16. The fourth-order valence-corrected chi connectivity index (χ4v) is 6.27. The van der Waals surface area contributed by atoms with Crippen molar-refractivity contribution in [2.24, 2.45) is 0 Å². The highest BCUT2D eigenvalue weighted by Gasteiger charge is 2.16. The topological polar surface area (TPSA) is 70.2 Å². The molecule has 0 aromatic rings. The summed E-state index contributed by atoms with van der Waals surface area (Å²) in [4.78, 5) is 24.8. The molecular weight excluding hydrogens is 590 g/mol. The fourth-order valence-electron chi connectivity index (χ4n) is 6.27. The fraction of sp³-hybridized carbons (Fsp3) is 0.860. The van der Waals surface area contributed by atoms with Crippen molar-refractivity contribution in [3.63, 3.8) is 0 Å². The number of amides is 2. The zero-order valence-electron chi connectivity index (χ0n) is 32.5. The Labute approximate surface area is 300 Å². The van der Waals surface area contributed by atoms with Gasteiger partial charge >= 0.3 is 0 Å². The molecule has 0 aromatic carbocycles. The lowest BCUT2D eigenvalue weighted by atomic mass is 10.1. The Bertz CT molecular complexity index is 736. The third kappa shape index (κ3) is 35.7. The van der Waals surface area contributed by atoms with Crippen molar-refractivity contribution in [2.75, 3.05) is 20.1 Å². The third-order valence-electron chi connectivity index (χ3n) is 9.56. The highest BCUT2D eigenvalue weighted by Crippen LogP contribution is 2.12. The van der Waals surface area contributed by atoms with E-state index in [-0.39, 0.29) is 17.9 Å². The second-order valence-corrected chi connectivity index (χ2v) is 14.3. The van der Waals surface area contributed by atoms with Crippen LogP contribution < -0.4 is 16.0 Å². The molecule has 5 nitrogen and oxygen atoms in total. The zero-order chi connectivity index (χ0) is 35.0. The zero-order valence-corrected chi connectivity index (χ0v) is 32.5. The standard InChI is InChI=1S/C43H83N3O2/c1-4-6-8-10-12-14-16-18-20-22-24-26-28-30-32-34-39-45-42(47)38-36-37-41(44-3)43(48)46-40-35-33-31-29-27-25-23-21-19-17-15-13-11-9-7-5-2/h18-21,41,44H,4-17,22-40H2,1-3H3,(H,45,47)(H,46,48)/b20-18-,21-19-. The molecule has 2 amide bonds. The lowest BCUT2D eigenvalue weighted by Crippen LogP contribution is -2.43. The van der Waals surface area contributed by atoms with Crippen molar-refractivity contribution in [1.29, 1.82) is 0 Å². The lowest BCUT2D eigenvalue weighted by molar-refractivity contribution is -0.124. The first-order valence-corrected chi connectivity index (χ1v) is 21.2. The van der Waals surface area contributed by atoms with Crippen LogP contribution in [0.2, 0.25) is 0 Å². The van der Waals surface area contributed by atoms with E-state index in [2.05, 4.69) is 54.1 Å². The Balaban J connectivity index is 3.53. The molecule has 1 unspecified atom stereocenters. The highest BCUT2D eigenvalue weighted by atomic mass is 16.2. The summed E-state index contributed by atoms with van der Waals surface area (Å²) in [5.41, 5.74) is 0. The van der Waals surface area contributed by atoms with E-state index in [4.69, 9.17) is 0 Å². The van der Waals surface area contributed by atoms with E-state index in [1.807, 2.05) is 7.05 Å². The molecule has 0 aliphatic rings. The maximum atomic E-state index is 12.6. The maximum absolute atomic E-state index is 12.6. The molecule has 1 atom stereocenters. The Hall–Kier alpha value is -1.62. The van der Waals surface area contributed by atoms with E-state index in [0.717, 1.165) is 32.4 Å². The summed E-state index contributed by atoms with van der Waals surface area (Å²) in [7, 11) is 1.84. The Morgan fingerprint density at radius 1 is 0.458 bits per heavy atom. The van der Waals surface area contributed by atoms with Crippen molar-refractivity contribution in [1.82, 2.24) is 16.0 Å². The summed E-state index contributed by atoms with van der Waals surface area (Å²) in [6.07, 6.45) is 47.7. The second kappa shape index (κ2) is 39.8. The van der Waals surface area contributed by atoms with E-state index in [9.17, 15) is 9.59 Å². The van der Waals surface area contributed by atoms with Gasteiger partial charge in [0.25, 0.3) is 0 Å². The molecule has 0 fully saturated rings. The SMILES string of the molecule is CCCCCCCC/C=C\CCCCCCCCNC(=O)CCCC(NC)C(=O)NCCCCCCCC/C=C\CCCCCCCC. The monoisotopic (exact) mass is 674 g/mol. The van der Waals surface area contributed by atoms with Gasteiger partial charge in [-0.2, -0.15) is 0 Å². The smallest absolute Gasteiger partial charge is 0.237 e. The molecule has 5 heteroatoms. The first kappa shape index (κ1) is 46.4. The summed E-state index contributed by atoms with van der Waals surface area (Å²) >= 11 is 0. The molecular formula is C43H83N3O2. The number of likely N-dealkylation sites (N-methyl/N-ethyl adjacent to an activating group) is 1. The van der Waals surface area contributed by atoms with Crippen LogP contribution in [-0.2, 0) is 9.59 Å². The molecule has 48 heavy (non-hydrogen) atoms. The van der Waals surface area contributed by atoms with Gasteiger partial charge in [0.15, 0.2) is 0 Å². The molecule has 0 aliphatic heterocycles. The largest absolute Gasteiger partial charge is 0.356 e. The molecule has 0 rings (SSSR count). The van der Waals surface area contributed by atoms with Crippen molar-refractivity contribution in [2.45, 2.75) is 219 Å². The van der Waals surface area contributed by atoms with Gasteiger partial charge in [0, 0.05) is 19.5 Å². The molecule has 0 heterocycles. The van der Waals surface area contributed by atoms with Crippen LogP contribution in [0.3, 0.4) is 0 Å². The molecule has 0 saturated heterocycles. The van der Waals surface area contributed by atoms with Crippen LogP contribution >= 0.6 is 0 Å². The molecule has 0 bridgehead atoms. The maximum Gasteiger partial charge on any atom is 0.237 e. The number of carbonyl (C=O) groups is 2. The van der Waals surface area contributed by atoms with Crippen LogP contribution in [0.1, 0.15) is 213 Å². The summed E-state index contributed by atoms with van der Waals surface area (Å²) < 4.78 is 0. The van der Waals surface area contributed by atoms with E-state index in [1.165, 1.54) is 167 Å². The summed E-state index contributed by atoms with van der Waals surface area (Å²) in [6, 6.07) is -0.220. The van der Waals surface area contributed by atoms with Crippen LogP contribution in [-0.4, -0.2) is 38.0 Å². The normalized spacial score (nSPS) is 12.3. The number of hydrogen-bond acceptors (Lipinski definition) is 3. The van der Waals surface area contributed by atoms with Gasteiger partial charge in [-0.3, -0.25) is 9.59 Å². The van der Waals surface area contributed by atoms with Crippen LogP contribution in [0.5, 0.6) is 0 Å². The predicted molar refractivity (Wildman–Crippen MR) is 212 cm³/mol. The van der Waals surface area contributed by atoms with Crippen molar-refractivity contribution < 1.29 is 9.59 Å². The highest BCUT2D eigenvalue weighted by molar-refractivity contribution is 5.81. The molecule has 3 N–H and O–H groups in total. The van der Waals surface area contributed by atoms with Crippen LogP contribution in [0.15, 0.2) is 24.3 Å². The van der Waals surface area contributed by atoms with Crippen LogP contribution in [0.25, 0.3) is 0 Å². The Morgan fingerprint density at radius 3 is 1.21 bits per heavy atom. The van der Waals surface area contributed by atoms with Crippen molar-refractivity contribution in [3.05, 3.63) is 24.3 Å². The molecule has 0 aromatic heterocycles. The van der Waals surface area contributed by atoms with Gasteiger partial charge in [-0.15, -0.1) is 0 Å².